The predicted molar refractivity (Wildman–Crippen MR) is 68.7 cm³/mol. The van der Waals surface area contributed by atoms with Gasteiger partial charge in [0.05, 0.1) is 0 Å². The van der Waals surface area contributed by atoms with Crippen molar-refractivity contribution in [3.05, 3.63) is 34.1 Å². The molecule has 4 heteroatoms. The molecule has 0 heterocycles. The van der Waals surface area contributed by atoms with E-state index in [0.29, 0.717) is 18.7 Å². The summed E-state index contributed by atoms with van der Waals surface area (Å²) in [7, 11) is 0. The molecule has 1 aromatic rings. The molecule has 16 heavy (non-hydrogen) atoms. The number of benzene rings is 1. The fourth-order valence-corrected chi connectivity index (χ4v) is 1.87. The van der Waals surface area contributed by atoms with E-state index in [9.17, 15) is 4.39 Å². The van der Waals surface area contributed by atoms with Gasteiger partial charge in [0.15, 0.2) is 0 Å². The monoisotopic (exact) mass is 288 g/mol. The summed E-state index contributed by atoms with van der Waals surface area (Å²) >= 11 is 3.33. The largest absolute Gasteiger partial charge is 0.330 e. The zero-order valence-corrected chi connectivity index (χ0v) is 11.3. The van der Waals surface area contributed by atoms with Crippen molar-refractivity contribution in [1.29, 1.82) is 0 Å². The second-order valence-corrected chi connectivity index (χ2v) is 5.43. The van der Waals surface area contributed by atoms with Gasteiger partial charge in [0, 0.05) is 22.1 Å². The first-order chi connectivity index (χ1) is 7.44. The Bertz CT molecular complexity index is 353. The molecule has 1 rings (SSSR count). The Kier molecular flexibility index (Phi) is 4.89. The predicted octanol–water partition coefficient (Wildman–Crippen LogP) is 2.81. The van der Waals surface area contributed by atoms with Crippen LogP contribution in [0.25, 0.3) is 0 Å². The van der Waals surface area contributed by atoms with Crippen LogP contribution in [0.3, 0.4) is 0 Å². The zero-order chi connectivity index (χ0) is 12.2. The van der Waals surface area contributed by atoms with Gasteiger partial charge in [-0.05, 0) is 45.0 Å². The zero-order valence-electron chi connectivity index (χ0n) is 9.69. The van der Waals surface area contributed by atoms with Crippen LogP contribution in [0.15, 0.2) is 22.7 Å². The highest BCUT2D eigenvalue weighted by Gasteiger charge is 2.16. The number of halogens is 2. The molecular weight excluding hydrogens is 271 g/mol. The topological polar surface area (TPSA) is 38.0 Å². The van der Waals surface area contributed by atoms with E-state index in [4.69, 9.17) is 5.73 Å². The third-order valence-corrected chi connectivity index (χ3v) is 3.03. The summed E-state index contributed by atoms with van der Waals surface area (Å²) in [5.41, 5.74) is 6.12. The first-order valence-corrected chi connectivity index (χ1v) is 6.13. The second-order valence-electron chi connectivity index (χ2n) is 4.51. The minimum Gasteiger partial charge on any atom is -0.330 e. The van der Waals surface area contributed by atoms with Gasteiger partial charge in [-0.3, -0.25) is 0 Å². The molecule has 0 unspecified atom stereocenters. The summed E-state index contributed by atoms with van der Waals surface area (Å²) < 4.78 is 14.3. The molecule has 0 atom stereocenters. The summed E-state index contributed by atoms with van der Waals surface area (Å²) in [6.07, 6.45) is 0.864. The molecule has 90 valence electrons. The van der Waals surface area contributed by atoms with E-state index in [1.807, 2.05) is 0 Å². The van der Waals surface area contributed by atoms with Crippen LogP contribution in [0.4, 0.5) is 4.39 Å². The molecule has 0 aliphatic rings. The van der Waals surface area contributed by atoms with E-state index >= 15 is 0 Å². The molecule has 0 aliphatic heterocycles. The van der Waals surface area contributed by atoms with Crippen LogP contribution in [-0.2, 0) is 6.54 Å². The Morgan fingerprint density at radius 1 is 1.44 bits per heavy atom. The standard InChI is InChI=1S/C12H18BrFN2/c1-12(2,5-6-15)16-8-9-7-10(13)3-4-11(9)14/h3-4,7,16H,5-6,8,15H2,1-2H3. The molecule has 0 aromatic heterocycles. The fraction of sp³-hybridized carbons (Fsp3) is 0.500. The van der Waals surface area contributed by atoms with E-state index in [-0.39, 0.29) is 11.4 Å². The highest BCUT2D eigenvalue weighted by molar-refractivity contribution is 9.10. The van der Waals surface area contributed by atoms with Crippen LogP contribution in [0, 0.1) is 5.82 Å². The highest BCUT2D eigenvalue weighted by Crippen LogP contribution is 2.16. The summed E-state index contributed by atoms with van der Waals surface area (Å²) in [5.74, 6) is -0.181. The first-order valence-electron chi connectivity index (χ1n) is 5.33. The maximum Gasteiger partial charge on any atom is 0.127 e. The molecule has 1 aromatic carbocycles. The lowest BCUT2D eigenvalue weighted by molar-refractivity contribution is 0.362. The highest BCUT2D eigenvalue weighted by atomic mass is 79.9. The third-order valence-electron chi connectivity index (χ3n) is 2.53. The summed E-state index contributed by atoms with van der Waals surface area (Å²) in [6, 6.07) is 4.96. The molecule has 0 spiro atoms. The van der Waals surface area contributed by atoms with Crippen molar-refractivity contribution in [1.82, 2.24) is 5.32 Å². The maximum absolute atomic E-state index is 13.4. The lowest BCUT2D eigenvalue weighted by Gasteiger charge is -2.26. The molecule has 0 radical (unpaired) electrons. The van der Waals surface area contributed by atoms with Crippen molar-refractivity contribution in [2.24, 2.45) is 5.73 Å². The third kappa shape index (κ3) is 4.20. The van der Waals surface area contributed by atoms with Crippen molar-refractivity contribution in [2.45, 2.75) is 32.4 Å². The van der Waals surface area contributed by atoms with Gasteiger partial charge in [-0.1, -0.05) is 15.9 Å². The van der Waals surface area contributed by atoms with Gasteiger partial charge in [-0.25, -0.2) is 4.39 Å². The minimum absolute atomic E-state index is 0.0660. The summed E-state index contributed by atoms with van der Waals surface area (Å²) in [6.45, 7) is 5.27. The van der Waals surface area contributed by atoms with Gasteiger partial charge in [0.25, 0.3) is 0 Å². The quantitative estimate of drug-likeness (QED) is 0.874. The second kappa shape index (κ2) is 5.75. The van der Waals surface area contributed by atoms with Gasteiger partial charge in [-0.15, -0.1) is 0 Å². The van der Waals surface area contributed by atoms with Crippen molar-refractivity contribution in [2.75, 3.05) is 6.54 Å². The Labute approximate surface area is 105 Å². The van der Waals surface area contributed by atoms with Gasteiger partial charge in [0.2, 0.25) is 0 Å². The molecule has 0 fully saturated rings. The van der Waals surface area contributed by atoms with Gasteiger partial charge < -0.3 is 11.1 Å². The molecule has 0 aliphatic carbocycles. The van der Waals surface area contributed by atoms with Crippen molar-refractivity contribution >= 4 is 15.9 Å². The number of hydrogen-bond acceptors (Lipinski definition) is 2. The normalized spacial score (nSPS) is 11.8. The SMILES string of the molecule is CC(C)(CCN)NCc1cc(Br)ccc1F. The molecule has 0 amide bonds. The van der Waals surface area contributed by atoms with Gasteiger partial charge in [-0.2, -0.15) is 0 Å². The number of hydrogen-bond donors (Lipinski definition) is 2. The van der Waals surface area contributed by atoms with Crippen molar-refractivity contribution < 1.29 is 4.39 Å². The Morgan fingerprint density at radius 3 is 2.75 bits per heavy atom. The van der Waals surface area contributed by atoms with Crippen LogP contribution in [-0.4, -0.2) is 12.1 Å². The first kappa shape index (κ1) is 13.6. The average molecular weight is 289 g/mol. The van der Waals surface area contributed by atoms with E-state index < -0.39 is 0 Å². The van der Waals surface area contributed by atoms with Crippen LogP contribution in [0.5, 0.6) is 0 Å². The van der Waals surface area contributed by atoms with Gasteiger partial charge in [0.1, 0.15) is 5.82 Å². The summed E-state index contributed by atoms with van der Waals surface area (Å²) in [5, 5.41) is 3.30. The van der Waals surface area contributed by atoms with Crippen LogP contribution >= 0.6 is 15.9 Å². The Morgan fingerprint density at radius 2 is 2.12 bits per heavy atom. The van der Waals surface area contributed by atoms with Gasteiger partial charge >= 0.3 is 0 Å². The maximum atomic E-state index is 13.4. The van der Waals surface area contributed by atoms with Crippen molar-refractivity contribution in [3.63, 3.8) is 0 Å². The molecule has 2 nitrogen and oxygen atoms in total. The molecule has 0 saturated carbocycles. The van der Waals surface area contributed by atoms with Crippen LogP contribution in [0.2, 0.25) is 0 Å². The molecule has 0 bridgehead atoms. The van der Waals surface area contributed by atoms with E-state index in [2.05, 4.69) is 35.1 Å². The number of rotatable bonds is 5. The smallest absolute Gasteiger partial charge is 0.127 e. The summed E-state index contributed by atoms with van der Waals surface area (Å²) in [4.78, 5) is 0. The van der Waals surface area contributed by atoms with E-state index in [0.717, 1.165) is 10.9 Å². The molecule has 3 N–H and O–H groups in total. The van der Waals surface area contributed by atoms with Crippen LogP contribution < -0.4 is 11.1 Å². The molecule has 0 saturated heterocycles. The Balaban J connectivity index is 2.63. The Hall–Kier alpha value is -0.450. The number of nitrogens with two attached hydrogens (primary N) is 1. The molecular formula is C12H18BrFN2. The van der Waals surface area contributed by atoms with Crippen LogP contribution in [0.1, 0.15) is 25.8 Å². The fourth-order valence-electron chi connectivity index (χ4n) is 1.46. The van der Waals surface area contributed by atoms with Crippen molar-refractivity contribution in [3.8, 4) is 0 Å². The lowest BCUT2D eigenvalue weighted by atomic mass is 10.0. The lowest BCUT2D eigenvalue weighted by Crippen LogP contribution is -2.40. The van der Waals surface area contributed by atoms with E-state index in [1.54, 1.807) is 12.1 Å². The average Bonchev–Trinajstić information content (AvgIpc) is 2.19. The minimum atomic E-state index is -0.181. The number of nitrogens with one attached hydrogen (secondary N) is 1. The van der Waals surface area contributed by atoms with E-state index in [1.165, 1.54) is 6.07 Å².